The summed E-state index contributed by atoms with van der Waals surface area (Å²) in [4.78, 5) is 16.1. The number of rotatable bonds is 5. The highest BCUT2D eigenvalue weighted by Crippen LogP contribution is 2.27. The van der Waals surface area contributed by atoms with Crippen molar-refractivity contribution in [1.82, 2.24) is 10.3 Å². The molecular formula is C22H22ClN3OS. The van der Waals surface area contributed by atoms with Crippen molar-refractivity contribution in [2.45, 2.75) is 19.8 Å². The SMILES string of the molecule is CNC(=S)Nc1ccc(C(C)c2cc(C)c(C(=O)c3ccc(Cl)cc3)[nH]2)cc1. The van der Waals surface area contributed by atoms with Gasteiger partial charge in [-0.1, -0.05) is 30.7 Å². The van der Waals surface area contributed by atoms with Crippen molar-refractivity contribution >= 4 is 40.4 Å². The summed E-state index contributed by atoms with van der Waals surface area (Å²) >= 11 is 11.0. The smallest absolute Gasteiger partial charge is 0.209 e. The number of anilines is 1. The molecule has 2 aromatic carbocycles. The summed E-state index contributed by atoms with van der Waals surface area (Å²) in [7, 11) is 1.78. The third-order valence-corrected chi connectivity index (χ3v) is 5.29. The molecular weight excluding hydrogens is 390 g/mol. The zero-order chi connectivity index (χ0) is 20.3. The lowest BCUT2D eigenvalue weighted by Gasteiger charge is -2.12. The second kappa shape index (κ2) is 8.59. The Labute approximate surface area is 175 Å². The summed E-state index contributed by atoms with van der Waals surface area (Å²) in [6, 6.07) is 17.1. The van der Waals surface area contributed by atoms with Gasteiger partial charge in [0, 0.05) is 34.9 Å². The van der Waals surface area contributed by atoms with Crippen molar-refractivity contribution in [3.8, 4) is 0 Å². The minimum Gasteiger partial charge on any atom is -0.366 e. The molecule has 1 atom stereocenters. The van der Waals surface area contributed by atoms with Crippen molar-refractivity contribution in [3.63, 3.8) is 0 Å². The van der Waals surface area contributed by atoms with E-state index >= 15 is 0 Å². The molecule has 0 saturated carbocycles. The van der Waals surface area contributed by atoms with Gasteiger partial charge in [0.25, 0.3) is 0 Å². The minimum atomic E-state index is -0.0345. The summed E-state index contributed by atoms with van der Waals surface area (Å²) in [6.45, 7) is 4.06. The maximum Gasteiger partial charge on any atom is 0.209 e. The zero-order valence-corrected chi connectivity index (χ0v) is 17.5. The Morgan fingerprint density at radius 1 is 1.11 bits per heavy atom. The van der Waals surface area contributed by atoms with Crippen molar-refractivity contribution in [2.24, 2.45) is 0 Å². The Morgan fingerprint density at radius 3 is 2.36 bits per heavy atom. The maximum absolute atomic E-state index is 12.8. The molecule has 0 aliphatic carbocycles. The predicted molar refractivity (Wildman–Crippen MR) is 120 cm³/mol. The predicted octanol–water partition coefficient (Wildman–Crippen LogP) is 5.28. The largest absolute Gasteiger partial charge is 0.366 e. The van der Waals surface area contributed by atoms with E-state index in [0.29, 0.717) is 21.4 Å². The number of hydrogen-bond acceptors (Lipinski definition) is 2. The van der Waals surface area contributed by atoms with Gasteiger partial charge in [-0.3, -0.25) is 4.79 Å². The number of aromatic nitrogens is 1. The average molecular weight is 412 g/mol. The number of aromatic amines is 1. The third kappa shape index (κ3) is 4.43. The highest BCUT2D eigenvalue weighted by Gasteiger charge is 2.18. The number of H-pyrrole nitrogens is 1. The van der Waals surface area contributed by atoms with E-state index in [2.05, 4.69) is 34.7 Å². The van der Waals surface area contributed by atoms with Crippen LogP contribution in [0, 0.1) is 6.92 Å². The number of nitrogens with one attached hydrogen (secondary N) is 3. The van der Waals surface area contributed by atoms with Gasteiger partial charge >= 0.3 is 0 Å². The van der Waals surface area contributed by atoms with E-state index in [4.69, 9.17) is 23.8 Å². The van der Waals surface area contributed by atoms with Gasteiger partial charge in [0.1, 0.15) is 0 Å². The van der Waals surface area contributed by atoms with E-state index < -0.39 is 0 Å². The molecule has 0 bridgehead atoms. The molecule has 0 spiro atoms. The lowest BCUT2D eigenvalue weighted by atomic mass is 9.97. The Kier molecular flexibility index (Phi) is 6.17. The standard InChI is InChI=1S/C22H22ClN3OS/c1-13-12-19(26-20(13)21(27)16-4-8-17(23)9-5-16)14(2)15-6-10-18(11-7-15)25-22(28)24-3/h4-12,14,26H,1-3H3,(H2,24,25,28). The first-order chi connectivity index (χ1) is 13.4. The van der Waals surface area contributed by atoms with E-state index in [1.165, 1.54) is 0 Å². The van der Waals surface area contributed by atoms with Crippen LogP contribution in [0.2, 0.25) is 5.02 Å². The van der Waals surface area contributed by atoms with Crippen LogP contribution in [0.3, 0.4) is 0 Å². The van der Waals surface area contributed by atoms with Gasteiger partial charge in [-0.05, 0) is 72.7 Å². The number of carbonyl (C=O) groups excluding carboxylic acids is 1. The highest BCUT2D eigenvalue weighted by atomic mass is 35.5. The van der Waals surface area contributed by atoms with Gasteiger partial charge in [0.2, 0.25) is 5.78 Å². The topological polar surface area (TPSA) is 56.9 Å². The third-order valence-electron chi connectivity index (χ3n) is 4.73. The molecule has 1 unspecified atom stereocenters. The molecule has 144 valence electrons. The van der Waals surface area contributed by atoms with E-state index in [1.807, 2.05) is 25.1 Å². The van der Waals surface area contributed by atoms with E-state index in [1.54, 1.807) is 31.3 Å². The summed E-state index contributed by atoms with van der Waals surface area (Å²) in [6.07, 6.45) is 0. The van der Waals surface area contributed by atoms with Crippen LogP contribution in [-0.4, -0.2) is 22.9 Å². The lowest BCUT2D eigenvalue weighted by Crippen LogP contribution is -2.24. The lowest BCUT2D eigenvalue weighted by molar-refractivity contribution is 0.103. The number of ketones is 1. The van der Waals surface area contributed by atoms with Gasteiger partial charge < -0.3 is 15.6 Å². The molecule has 3 rings (SSSR count). The first-order valence-corrected chi connectivity index (χ1v) is 9.76. The maximum atomic E-state index is 12.8. The van der Waals surface area contributed by atoms with Gasteiger partial charge in [0.15, 0.2) is 5.11 Å². The number of halogens is 1. The van der Waals surface area contributed by atoms with Crippen LogP contribution in [0.1, 0.15) is 45.7 Å². The molecule has 3 N–H and O–H groups in total. The quantitative estimate of drug-likeness (QED) is 0.395. The van der Waals surface area contributed by atoms with Crippen molar-refractivity contribution in [1.29, 1.82) is 0 Å². The Balaban J connectivity index is 1.80. The Hall–Kier alpha value is -2.63. The zero-order valence-electron chi connectivity index (χ0n) is 16.0. The van der Waals surface area contributed by atoms with E-state index in [-0.39, 0.29) is 11.7 Å². The molecule has 0 fully saturated rings. The molecule has 1 aromatic heterocycles. The fraction of sp³-hybridized carbons (Fsp3) is 0.182. The van der Waals surface area contributed by atoms with E-state index in [0.717, 1.165) is 22.5 Å². The summed E-state index contributed by atoms with van der Waals surface area (Å²) in [5.74, 6) is 0.0866. The normalized spacial score (nSPS) is 11.7. The van der Waals surface area contributed by atoms with Crippen LogP contribution in [0.15, 0.2) is 54.6 Å². The van der Waals surface area contributed by atoms with Crippen LogP contribution in [-0.2, 0) is 0 Å². The molecule has 0 aliphatic rings. The first-order valence-electron chi connectivity index (χ1n) is 8.97. The number of benzene rings is 2. The fourth-order valence-electron chi connectivity index (χ4n) is 3.03. The second-order valence-corrected chi connectivity index (χ2v) is 7.51. The number of aryl methyl sites for hydroxylation is 1. The number of thiocarbonyl (C=S) groups is 1. The van der Waals surface area contributed by atoms with Gasteiger partial charge in [-0.25, -0.2) is 0 Å². The summed E-state index contributed by atoms with van der Waals surface area (Å²) < 4.78 is 0. The first kappa shape index (κ1) is 20.1. The van der Waals surface area contributed by atoms with Crippen LogP contribution in [0.5, 0.6) is 0 Å². The number of carbonyl (C=O) groups is 1. The summed E-state index contributed by atoms with van der Waals surface area (Å²) in [5, 5.41) is 7.18. The van der Waals surface area contributed by atoms with Gasteiger partial charge in [-0.2, -0.15) is 0 Å². The highest BCUT2D eigenvalue weighted by molar-refractivity contribution is 7.80. The van der Waals surface area contributed by atoms with Crippen LogP contribution < -0.4 is 10.6 Å². The Bertz CT molecular complexity index is 994. The molecule has 6 heteroatoms. The molecule has 28 heavy (non-hydrogen) atoms. The van der Waals surface area contributed by atoms with Crippen molar-refractivity contribution in [3.05, 3.63) is 87.7 Å². The molecule has 0 radical (unpaired) electrons. The minimum absolute atomic E-state index is 0.0345. The van der Waals surface area contributed by atoms with E-state index in [9.17, 15) is 4.79 Å². The van der Waals surface area contributed by atoms with Gasteiger partial charge in [-0.15, -0.1) is 0 Å². The van der Waals surface area contributed by atoms with Crippen molar-refractivity contribution < 1.29 is 4.79 Å². The van der Waals surface area contributed by atoms with Crippen LogP contribution in [0.25, 0.3) is 0 Å². The van der Waals surface area contributed by atoms with Crippen molar-refractivity contribution in [2.75, 3.05) is 12.4 Å². The van der Waals surface area contributed by atoms with Crippen LogP contribution in [0.4, 0.5) is 5.69 Å². The molecule has 0 saturated heterocycles. The number of hydrogen-bond donors (Lipinski definition) is 3. The summed E-state index contributed by atoms with van der Waals surface area (Å²) in [5.41, 5.74) is 5.23. The molecule has 4 nitrogen and oxygen atoms in total. The molecule has 0 amide bonds. The monoisotopic (exact) mass is 411 g/mol. The molecule has 3 aromatic rings. The molecule has 0 aliphatic heterocycles. The Morgan fingerprint density at radius 2 is 1.75 bits per heavy atom. The average Bonchev–Trinajstić information content (AvgIpc) is 3.09. The second-order valence-electron chi connectivity index (χ2n) is 6.67. The molecule has 1 heterocycles. The fourth-order valence-corrected chi connectivity index (χ4v) is 3.27. The van der Waals surface area contributed by atoms with Gasteiger partial charge in [0.05, 0.1) is 5.69 Å². The van der Waals surface area contributed by atoms with Crippen LogP contribution >= 0.6 is 23.8 Å².